The first-order valence-corrected chi connectivity index (χ1v) is 6.67. The van der Waals surface area contributed by atoms with Gasteiger partial charge in [-0.2, -0.15) is 0 Å². The number of nitrogens with one attached hydrogen (secondary N) is 1. The van der Waals surface area contributed by atoms with Crippen LogP contribution < -0.4 is 5.32 Å². The third-order valence-electron chi connectivity index (χ3n) is 2.31. The minimum Gasteiger partial charge on any atom is -0.381 e. The maximum atomic E-state index is 11.8. The molecule has 16 heavy (non-hydrogen) atoms. The predicted octanol–water partition coefficient (Wildman–Crippen LogP) is 0.908. The Morgan fingerprint density at radius 1 is 1.25 bits per heavy atom. The standard InChI is InChI=1S/C11H17NO3S/c1-9(2)16(14,15)11-5-3-10(4-6-11)7-12-8-13/h3-6,9,12-13H,7-8H2,1-2H3. The van der Waals surface area contributed by atoms with Crippen LogP contribution in [0, 0.1) is 0 Å². The largest absolute Gasteiger partial charge is 0.381 e. The molecule has 0 aliphatic heterocycles. The molecule has 0 spiro atoms. The first kappa shape index (κ1) is 13.2. The first-order chi connectivity index (χ1) is 7.48. The Bertz CT molecular complexity index is 423. The van der Waals surface area contributed by atoms with E-state index in [9.17, 15) is 8.42 Å². The lowest BCUT2D eigenvalue weighted by molar-refractivity contribution is 0.259. The normalized spacial score (nSPS) is 12.0. The Morgan fingerprint density at radius 2 is 1.81 bits per heavy atom. The highest BCUT2D eigenvalue weighted by Gasteiger charge is 2.18. The quantitative estimate of drug-likeness (QED) is 0.754. The second-order valence-electron chi connectivity index (χ2n) is 3.82. The third-order valence-corrected chi connectivity index (χ3v) is 4.48. The van der Waals surface area contributed by atoms with Crippen molar-refractivity contribution >= 4 is 9.84 Å². The number of hydrogen-bond acceptors (Lipinski definition) is 4. The topological polar surface area (TPSA) is 66.4 Å². The summed E-state index contributed by atoms with van der Waals surface area (Å²) in [5.74, 6) is 0. The summed E-state index contributed by atoms with van der Waals surface area (Å²) in [7, 11) is -3.18. The lowest BCUT2D eigenvalue weighted by Crippen LogP contribution is -2.15. The minimum absolute atomic E-state index is 0.0912. The second-order valence-corrected chi connectivity index (χ2v) is 6.33. The van der Waals surface area contributed by atoms with Crippen LogP contribution in [0.4, 0.5) is 0 Å². The molecule has 5 heteroatoms. The zero-order valence-electron chi connectivity index (χ0n) is 9.47. The van der Waals surface area contributed by atoms with Gasteiger partial charge in [-0.05, 0) is 31.5 Å². The summed E-state index contributed by atoms with van der Waals surface area (Å²) in [6.45, 7) is 3.76. The van der Waals surface area contributed by atoms with Gasteiger partial charge in [-0.3, -0.25) is 5.32 Å². The lowest BCUT2D eigenvalue weighted by atomic mass is 10.2. The molecule has 0 radical (unpaired) electrons. The zero-order valence-corrected chi connectivity index (χ0v) is 10.3. The van der Waals surface area contributed by atoms with E-state index in [1.807, 2.05) is 0 Å². The minimum atomic E-state index is -3.18. The summed E-state index contributed by atoms with van der Waals surface area (Å²) in [6, 6.07) is 6.70. The van der Waals surface area contributed by atoms with E-state index in [1.54, 1.807) is 38.1 Å². The van der Waals surface area contributed by atoms with E-state index in [-0.39, 0.29) is 6.73 Å². The Balaban J connectivity index is 2.87. The molecule has 0 aliphatic rings. The monoisotopic (exact) mass is 243 g/mol. The molecule has 90 valence electrons. The van der Waals surface area contributed by atoms with Gasteiger partial charge in [0.1, 0.15) is 0 Å². The van der Waals surface area contributed by atoms with Crippen LogP contribution in [0.1, 0.15) is 19.4 Å². The van der Waals surface area contributed by atoms with E-state index < -0.39 is 15.1 Å². The highest BCUT2D eigenvalue weighted by atomic mass is 32.2. The van der Waals surface area contributed by atoms with Gasteiger partial charge in [-0.15, -0.1) is 0 Å². The van der Waals surface area contributed by atoms with Gasteiger partial charge in [0.25, 0.3) is 0 Å². The smallest absolute Gasteiger partial charge is 0.180 e. The van der Waals surface area contributed by atoms with Crippen LogP contribution in [0.15, 0.2) is 29.2 Å². The molecule has 4 nitrogen and oxygen atoms in total. The van der Waals surface area contributed by atoms with Crippen molar-refractivity contribution in [2.75, 3.05) is 6.73 Å². The van der Waals surface area contributed by atoms with Gasteiger partial charge in [0.15, 0.2) is 9.84 Å². The highest BCUT2D eigenvalue weighted by molar-refractivity contribution is 7.92. The number of rotatable bonds is 5. The lowest BCUT2D eigenvalue weighted by Gasteiger charge is -2.08. The Kier molecular flexibility index (Phi) is 4.46. The summed E-state index contributed by atoms with van der Waals surface area (Å²) in [6.07, 6.45) is 0. The van der Waals surface area contributed by atoms with Gasteiger partial charge in [0, 0.05) is 6.54 Å². The van der Waals surface area contributed by atoms with Crippen molar-refractivity contribution in [3.8, 4) is 0 Å². The van der Waals surface area contributed by atoms with Gasteiger partial charge in [-0.25, -0.2) is 8.42 Å². The number of benzene rings is 1. The van der Waals surface area contributed by atoms with Crippen molar-refractivity contribution in [3.63, 3.8) is 0 Å². The maximum Gasteiger partial charge on any atom is 0.180 e. The van der Waals surface area contributed by atoms with Gasteiger partial charge in [-0.1, -0.05) is 12.1 Å². The molecular weight excluding hydrogens is 226 g/mol. The highest BCUT2D eigenvalue weighted by Crippen LogP contribution is 2.16. The molecule has 0 fully saturated rings. The molecule has 1 aromatic rings. The molecule has 1 aromatic carbocycles. The molecule has 0 saturated carbocycles. The van der Waals surface area contributed by atoms with Gasteiger partial charge in [0.05, 0.1) is 16.9 Å². The first-order valence-electron chi connectivity index (χ1n) is 5.13. The van der Waals surface area contributed by atoms with E-state index in [0.29, 0.717) is 11.4 Å². The molecule has 0 bridgehead atoms. The third kappa shape index (κ3) is 3.04. The van der Waals surface area contributed by atoms with E-state index in [1.165, 1.54) is 0 Å². The molecule has 0 saturated heterocycles. The Morgan fingerprint density at radius 3 is 2.25 bits per heavy atom. The molecule has 0 aromatic heterocycles. The molecule has 1 rings (SSSR count). The van der Waals surface area contributed by atoms with Gasteiger partial charge >= 0.3 is 0 Å². The summed E-state index contributed by atoms with van der Waals surface area (Å²) in [4.78, 5) is 0.343. The maximum absolute atomic E-state index is 11.8. The van der Waals surface area contributed by atoms with E-state index >= 15 is 0 Å². The zero-order chi connectivity index (χ0) is 12.2. The van der Waals surface area contributed by atoms with Crippen LogP contribution in [-0.4, -0.2) is 25.5 Å². The predicted molar refractivity (Wildman–Crippen MR) is 62.7 cm³/mol. The van der Waals surface area contributed by atoms with E-state index in [4.69, 9.17) is 5.11 Å². The fourth-order valence-corrected chi connectivity index (χ4v) is 2.33. The van der Waals surface area contributed by atoms with Crippen molar-refractivity contribution in [2.45, 2.75) is 30.5 Å². The molecule has 2 N–H and O–H groups in total. The van der Waals surface area contributed by atoms with Crippen molar-refractivity contribution in [1.82, 2.24) is 5.32 Å². The van der Waals surface area contributed by atoms with Crippen molar-refractivity contribution in [3.05, 3.63) is 29.8 Å². The van der Waals surface area contributed by atoms with E-state index in [2.05, 4.69) is 5.32 Å². The van der Waals surface area contributed by atoms with Crippen LogP contribution in [0.25, 0.3) is 0 Å². The van der Waals surface area contributed by atoms with Crippen molar-refractivity contribution in [2.24, 2.45) is 0 Å². The average Bonchev–Trinajstić information content (AvgIpc) is 2.26. The SMILES string of the molecule is CC(C)S(=O)(=O)c1ccc(CNCO)cc1. The average molecular weight is 243 g/mol. The van der Waals surface area contributed by atoms with Crippen LogP contribution >= 0.6 is 0 Å². The number of aliphatic hydroxyl groups excluding tert-OH is 1. The summed E-state index contributed by atoms with van der Waals surface area (Å²) >= 11 is 0. The fourth-order valence-electron chi connectivity index (χ4n) is 1.27. The molecule has 0 atom stereocenters. The molecule has 0 unspecified atom stereocenters. The van der Waals surface area contributed by atoms with Crippen LogP contribution in [0.3, 0.4) is 0 Å². The number of sulfone groups is 1. The van der Waals surface area contributed by atoms with Crippen molar-refractivity contribution < 1.29 is 13.5 Å². The van der Waals surface area contributed by atoms with Crippen LogP contribution in [0.2, 0.25) is 0 Å². The summed E-state index contributed by atoms with van der Waals surface area (Å²) < 4.78 is 23.6. The molecule has 0 aliphatic carbocycles. The fraction of sp³-hybridized carbons (Fsp3) is 0.455. The number of hydrogen-bond donors (Lipinski definition) is 2. The number of aliphatic hydroxyl groups is 1. The van der Waals surface area contributed by atoms with Crippen LogP contribution in [-0.2, 0) is 16.4 Å². The van der Waals surface area contributed by atoms with Crippen LogP contribution in [0.5, 0.6) is 0 Å². The molecule has 0 heterocycles. The summed E-state index contributed by atoms with van der Waals surface area (Å²) in [5.41, 5.74) is 0.941. The molecule has 0 amide bonds. The Labute approximate surface area is 96.2 Å². The second kappa shape index (κ2) is 5.43. The van der Waals surface area contributed by atoms with Crippen molar-refractivity contribution in [1.29, 1.82) is 0 Å². The van der Waals surface area contributed by atoms with Gasteiger partial charge in [0.2, 0.25) is 0 Å². The molecular formula is C11H17NO3S. The van der Waals surface area contributed by atoms with E-state index in [0.717, 1.165) is 5.56 Å². The summed E-state index contributed by atoms with van der Waals surface area (Å²) in [5, 5.41) is 10.9. The van der Waals surface area contributed by atoms with Gasteiger partial charge < -0.3 is 5.11 Å². The Hall–Kier alpha value is -0.910.